The molecule has 9 nitrogen and oxygen atoms in total. The molecule has 2 fully saturated rings. The zero-order chi connectivity index (χ0) is 24.3. The summed E-state index contributed by atoms with van der Waals surface area (Å²) in [6.45, 7) is 7.27. The van der Waals surface area contributed by atoms with Gasteiger partial charge in [-0.25, -0.2) is 0 Å². The molecule has 1 N–H and O–H groups in total. The van der Waals surface area contributed by atoms with Gasteiger partial charge >= 0.3 is 0 Å². The maximum Gasteiger partial charge on any atom is 0.254 e. The third kappa shape index (κ3) is 6.99. The van der Waals surface area contributed by atoms with Crippen molar-refractivity contribution in [2.24, 2.45) is 0 Å². The van der Waals surface area contributed by atoms with E-state index in [4.69, 9.17) is 14.2 Å². The summed E-state index contributed by atoms with van der Waals surface area (Å²) in [6.07, 6.45) is 4.98. The smallest absolute Gasteiger partial charge is 0.254 e. The highest BCUT2D eigenvalue weighted by Gasteiger charge is 2.23. The van der Waals surface area contributed by atoms with E-state index in [0.29, 0.717) is 55.4 Å². The average molecular weight is 477 g/mol. The van der Waals surface area contributed by atoms with Crippen LogP contribution in [0.4, 0.5) is 0 Å². The molecule has 1 aromatic carbocycles. The second kappa shape index (κ2) is 13.4. The zero-order valence-electron chi connectivity index (χ0n) is 20.9. The van der Waals surface area contributed by atoms with Crippen LogP contribution in [-0.4, -0.2) is 107 Å². The van der Waals surface area contributed by atoms with Crippen LogP contribution < -0.4 is 19.5 Å². The Kier molecular flexibility index (Phi) is 10.3. The van der Waals surface area contributed by atoms with Gasteiger partial charge in [-0.3, -0.25) is 9.59 Å². The van der Waals surface area contributed by atoms with Gasteiger partial charge in [0.2, 0.25) is 11.7 Å². The second-order valence-corrected chi connectivity index (χ2v) is 8.84. The number of piperidine rings is 1. The Bertz CT molecular complexity index is 781. The maximum absolute atomic E-state index is 13.6. The summed E-state index contributed by atoms with van der Waals surface area (Å²) in [5, 5.41) is 3.27. The Hall–Kier alpha value is -2.52. The fourth-order valence-corrected chi connectivity index (χ4v) is 4.67. The molecule has 2 amide bonds. The largest absolute Gasteiger partial charge is 0.493 e. The minimum absolute atomic E-state index is 0.0974. The van der Waals surface area contributed by atoms with Crippen molar-refractivity contribution in [3.63, 3.8) is 0 Å². The van der Waals surface area contributed by atoms with E-state index in [-0.39, 0.29) is 11.8 Å². The van der Waals surface area contributed by atoms with E-state index in [9.17, 15) is 9.59 Å². The standard InChI is InChI=1S/C25H40N4O5/c1-32-21-18-20(19-22(33-2)24(21)34-3)25(31)29(14-7-13-27-11-5-4-6-12-27)15-8-23(30)28-16-9-26-10-17-28/h18-19,26H,4-17H2,1-3H3. The molecule has 0 radical (unpaired) electrons. The predicted octanol–water partition coefficient (Wildman–Crippen LogP) is 1.85. The molecule has 34 heavy (non-hydrogen) atoms. The minimum Gasteiger partial charge on any atom is -0.493 e. The summed E-state index contributed by atoms with van der Waals surface area (Å²) >= 11 is 0. The van der Waals surface area contributed by atoms with E-state index in [2.05, 4.69) is 10.2 Å². The lowest BCUT2D eigenvalue weighted by Crippen LogP contribution is -2.47. The normalized spacial score (nSPS) is 16.7. The molecule has 9 heteroatoms. The fourth-order valence-electron chi connectivity index (χ4n) is 4.67. The average Bonchev–Trinajstić information content (AvgIpc) is 2.90. The van der Waals surface area contributed by atoms with Crippen molar-refractivity contribution in [3.05, 3.63) is 17.7 Å². The number of piperazine rings is 1. The van der Waals surface area contributed by atoms with Crippen LogP contribution in [0.15, 0.2) is 12.1 Å². The number of carbonyl (C=O) groups excluding carboxylic acids is 2. The van der Waals surface area contributed by atoms with Gasteiger partial charge < -0.3 is 34.2 Å². The van der Waals surface area contributed by atoms with Crippen LogP contribution in [0.1, 0.15) is 42.5 Å². The molecule has 0 aromatic heterocycles. The Labute approximate surface area is 203 Å². The van der Waals surface area contributed by atoms with Crippen LogP contribution in [-0.2, 0) is 4.79 Å². The highest BCUT2D eigenvalue weighted by atomic mass is 16.5. The molecular formula is C25H40N4O5. The van der Waals surface area contributed by atoms with E-state index >= 15 is 0 Å². The van der Waals surface area contributed by atoms with Crippen molar-refractivity contribution in [2.75, 3.05) is 80.2 Å². The lowest BCUT2D eigenvalue weighted by atomic mass is 10.1. The van der Waals surface area contributed by atoms with Gasteiger partial charge in [0.1, 0.15) is 0 Å². The summed E-state index contributed by atoms with van der Waals surface area (Å²) in [7, 11) is 4.61. The molecule has 0 bridgehead atoms. The number of likely N-dealkylation sites (tertiary alicyclic amines) is 1. The molecule has 3 rings (SSSR count). The predicted molar refractivity (Wildman–Crippen MR) is 131 cm³/mol. The SMILES string of the molecule is COc1cc(C(=O)N(CCCN2CCCCC2)CCC(=O)N2CCNCC2)cc(OC)c1OC. The first-order valence-electron chi connectivity index (χ1n) is 12.4. The summed E-state index contributed by atoms with van der Waals surface area (Å²) < 4.78 is 16.3. The van der Waals surface area contributed by atoms with E-state index < -0.39 is 0 Å². The number of rotatable bonds is 11. The molecule has 2 aliphatic heterocycles. The van der Waals surface area contributed by atoms with Gasteiger partial charge in [0.25, 0.3) is 5.91 Å². The minimum atomic E-state index is -0.133. The number of hydrogen-bond donors (Lipinski definition) is 1. The Balaban J connectivity index is 1.71. The number of nitrogens with one attached hydrogen (secondary N) is 1. The first-order valence-corrected chi connectivity index (χ1v) is 12.4. The summed E-state index contributed by atoms with van der Waals surface area (Å²) in [4.78, 5) is 32.5. The Morgan fingerprint density at radius 2 is 1.56 bits per heavy atom. The highest BCUT2D eigenvalue weighted by Crippen LogP contribution is 2.38. The molecule has 2 heterocycles. The molecule has 0 saturated carbocycles. The quantitative estimate of drug-likeness (QED) is 0.522. The Morgan fingerprint density at radius 3 is 2.15 bits per heavy atom. The van der Waals surface area contributed by atoms with E-state index in [1.165, 1.54) is 40.6 Å². The van der Waals surface area contributed by atoms with Crippen molar-refractivity contribution in [1.29, 1.82) is 0 Å². The van der Waals surface area contributed by atoms with Crippen molar-refractivity contribution in [1.82, 2.24) is 20.0 Å². The third-order valence-corrected chi connectivity index (χ3v) is 6.62. The van der Waals surface area contributed by atoms with Crippen LogP contribution in [0.25, 0.3) is 0 Å². The molecule has 190 valence electrons. The molecule has 0 spiro atoms. The van der Waals surface area contributed by atoms with Crippen LogP contribution in [0.3, 0.4) is 0 Å². The molecule has 0 atom stereocenters. The van der Waals surface area contributed by atoms with Crippen LogP contribution >= 0.6 is 0 Å². The van der Waals surface area contributed by atoms with Crippen molar-refractivity contribution in [2.45, 2.75) is 32.1 Å². The van der Waals surface area contributed by atoms with Crippen LogP contribution in [0, 0.1) is 0 Å². The lowest BCUT2D eigenvalue weighted by molar-refractivity contribution is -0.131. The number of nitrogens with zero attached hydrogens (tertiary/aromatic N) is 3. The van der Waals surface area contributed by atoms with Gasteiger partial charge in [0.15, 0.2) is 11.5 Å². The first-order chi connectivity index (χ1) is 16.6. The van der Waals surface area contributed by atoms with Crippen LogP contribution in [0.2, 0.25) is 0 Å². The molecule has 0 aliphatic carbocycles. The van der Waals surface area contributed by atoms with Gasteiger partial charge in [-0.05, 0) is 51.0 Å². The van der Waals surface area contributed by atoms with Crippen molar-refractivity contribution in [3.8, 4) is 17.2 Å². The van der Waals surface area contributed by atoms with Gasteiger partial charge in [-0.1, -0.05) is 6.42 Å². The molecule has 1 aromatic rings. The van der Waals surface area contributed by atoms with Gasteiger partial charge in [0.05, 0.1) is 21.3 Å². The van der Waals surface area contributed by atoms with E-state index in [1.54, 1.807) is 17.0 Å². The summed E-state index contributed by atoms with van der Waals surface area (Å²) in [6, 6.07) is 3.36. The number of methoxy groups -OCH3 is 3. The number of amides is 2. The monoisotopic (exact) mass is 476 g/mol. The molecule has 0 unspecified atom stereocenters. The van der Waals surface area contributed by atoms with Crippen molar-refractivity contribution >= 4 is 11.8 Å². The van der Waals surface area contributed by atoms with Crippen LogP contribution in [0.5, 0.6) is 17.2 Å². The second-order valence-electron chi connectivity index (χ2n) is 8.84. The number of hydrogen-bond acceptors (Lipinski definition) is 7. The molecule has 2 saturated heterocycles. The zero-order valence-corrected chi connectivity index (χ0v) is 20.9. The first kappa shape index (κ1) is 26.1. The van der Waals surface area contributed by atoms with E-state index in [0.717, 1.165) is 39.1 Å². The maximum atomic E-state index is 13.6. The van der Waals surface area contributed by atoms with Gasteiger partial charge in [-0.15, -0.1) is 0 Å². The summed E-state index contributed by atoms with van der Waals surface area (Å²) in [5.41, 5.74) is 0.460. The number of ether oxygens (including phenoxy) is 3. The van der Waals surface area contributed by atoms with Crippen molar-refractivity contribution < 1.29 is 23.8 Å². The Morgan fingerprint density at radius 1 is 0.912 bits per heavy atom. The molecule has 2 aliphatic rings. The number of carbonyl (C=O) groups is 2. The molecular weight excluding hydrogens is 436 g/mol. The lowest BCUT2D eigenvalue weighted by Gasteiger charge is -2.30. The van der Waals surface area contributed by atoms with Gasteiger partial charge in [0, 0.05) is 51.3 Å². The third-order valence-electron chi connectivity index (χ3n) is 6.62. The fraction of sp³-hybridized carbons (Fsp3) is 0.680. The van der Waals surface area contributed by atoms with Gasteiger partial charge in [-0.2, -0.15) is 0 Å². The summed E-state index contributed by atoms with van der Waals surface area (Å²) in [5.74, 6) is 1.30. The van der Waals surface area contributed by atoms with E-state index in [1.807, 2.05) is 4.90 Å². The highest BCUT2D eigenvalue weighted by molar-refractivity contribution is 5.96. The number of benzene rings is 1. The topological polar surface area (TPSA) is 83.6 Å².